The van der Waals surface area contributed by atoms with E-state index >= 15 is 0 Å². The zero-order valence-electron chi connectivity index (χ0n) is 7.51. The molecule has 0 aliphatic heterocycles. The third kappa shape index (κ3) is 2.30. The topological polar surface area (TPSA) is 95.3 Å². The average Bonchev–Trinajstić information content (AvgIpc) is 2.15. The molecular weight excluding hydrogens is 188 g/mol. The van der Waals surface area contributed by atoms with E-state index in [9.17, 15) is 9.59 Å². The molecule has 0 radical (unpaired) electrons. The minimum Gasteiger partial charge on any atom is -0.396 e. The van der Waals surface area contributed by atoms with Gasteiger partial charge in [0.05, 0.1) is 12.6 Å². The number of hydrogen-bond donors (Lipinski definition) is 3. The van der Waals surface area contributed by atoms with Crippen molar-refractivity contribution >= 4 is 0 Å². The summed E-state index contributed by atoms with van der Waals surface area (Å²) >= 11 is 0. The number of H-pyrrole nitrogens is 1. The van der Waals surface area contributed by atoms with Crippen molar-refractivity contribution < 1.29 is 10.2 Å². The molecule has 1 aromatic heterocycles. The molecule has 0 fully saturated rings. The van der Waals surface area contributed by atoms with Crippen LogP contribution in [0.4, 0.5) is 0 Å². The molecule has 6 heteroatoms. The van der Waals surface area contributed by atoms with Crippen molar-refractivity contribution in [3.8, 4) is 0 Å². The Labute approximate surface area is 79.5 Å². The Balaban J connectivity index is 3.04. The summed E-state index contributed by atoms with van der Waals surface area (Å²) in [6, 6.07) is 0.700. The van der Waals surface area contributed by atoms with E-state index in [0.717, 1.165) is 0 Å². The molecule has 0 aromatic carbocycles. The monoisotopic (exact) mass is 200 g/mol. The molecule has 0 saturated carbocycles. The molecule has 0 bridgehead atoms. The lowest BCUT2D eigenvalue weighted by Crippen LogP contribution is -2.33. The van der Waals surface area contributed by atoms with Crippen molar-refractivity contribution in [2.75, 3.05) is 13.2 Å². The molecular formula is C8H12N2O4. The lowest BCUT2D eigenvalue weighted by Gasteiger charge is -2.14. The van der Waals surface area contributed by atoms with E-state index in [1.54, 1.807) is 0 Å². The molecule has 1 rings (SSSR count). The summed E-state index contributed by atoms with van der Waals surface area (Å²) in [7, 11) is 0. The Bertz CT molecular complexity index is 395. The fourth-order valence-electron chi connectivity index (χ4n) is 1.18. The summed E-state index contributed by atoms with van der Waals surface area (Å²) in [4.78, 5) is 24.0. The van der Waals surface area contributed by atoms with Gasteiger partial charge in [-0.1, -0.05) is 0 Å². The predicted molar refractivity (Wildman–Crippen MR) is 49.1 cm³/mol. The van der Waals surface area contributed by atoms with Gasteiger partial charge in [0.25, 0.3) is 5.56 Å². The Kier molecular flexibility index (Phi) is 3.61. The minimum absolute atomic E-state index is 0.128. The molecule has 14 heavy (non-hydrogen) atoms. The first kappa shape index (κ1) is 10.7. The second-order valence-electron chi connectivity index (χ2n) is 2.87. The predicted octanol–water partition coefficient (Wildman–Crippen LogP) is -1.55. The van der Waals surface area contributed by atoms with Crippen LogP contribution >= 0.6 is 0 Å². The van der Waals surface area contributed by atoms with Crippen molar-refractivity contribution in [2.24, 2.45) is 0 Å². The van der Waals surface area contributed by atoms with E-state index in [2.05, 4.69) is 4.98 Å². The first-order valence-electron chi connectivity index (χ1n) is 4.22. The number of aromatic amines is 1. The first-order chi connectivity index (χ1) is 6.69. The van der Waals surface area contributed by atoms with Crippen molar-refractivity contribution in [1.29, 1.82) is 0 Å². The maximum atomic E-state index is 11.2. The van der Waals surface area contributed by atoms with Crippen LogP contribution in [0.15, 0.2) is 21.9 Å². The highest BCUT2D eigenvalue weighted by Gasteiger charge is 2.10. The van der Waals surface area contributed by atoms with Gasteiger partial charge in [0.15, 0.2) is 0 Å². The number of nitrogens with one attached hydrogen (secondary N) is 1. The maximum Gasteiger partial charge on any atom is 0.328 e. The van der Waals surface area contributed by atoms with Gasteiger partial charge in [0.1, 0.15) is 0 Å². The molecule has 1 atom stereocenters. The molecule has 0 spiro atoms. The number of hydrogen-bond acceptors (Lipinski definition) is 4. The standard InChI is InChI=1S/C8H12N2O4/c11-4-2-6(5-12)10-3-1-7(13)9-8(10)14/h1,3,6,11-12H,2,4-5H2,(H,9,13,14). The lowest BCUT2D eigenvalue weighted by atomic mass is 10.2. The molecule has 78 valence electrons. The quantitative estimate of drug-likeness (QED) is 0.548. The first-order valence-corrected chi connectivity index (χ1v) is 4.22. The van der Waals surface area contributed by atoms with Crippen LogP contribution in [-0.4, -0.2) is 33.0 Å². The molecule has 0 amide bonds. The summed E-state index contributed by atoms with van der Waals surface area (Å²) in [5, 5.41) is 17.6. The van der Waals surface area contributed by atoms with Crippen LogP contribution in [0, 0.1) is 0 Å². The van der Waals surface area contributed by atoms with Crippen molar-refractivity contribution in [2.45, 2.75) is 12.5 Å². The van der Waals surface area contributed by atoms with Crippen LogP contribution in [0.25, 0.3) is 0 Å². The van der Waals surface area contributed by atoms with Gasteiger partial charge in [-0.3, -0.25) is 14.3 Å². The highest BCUT2D eigenvalue weighted by atomic mass is 16.3. The summed E-state index contributed by atoms with van der Waals surface area (Å²) in [6.07, 6.45) is 1.57. The third-order valence-corrected chi connectivity index (χ3v) is 1.92. The zero-order chi connectivity index (χ0) is 10.6. The fourth-order valence-corrected chi connectivity index (χ4v) is 1.18. The van der Waals surface area contributed by atoms with Gasteiger partial charge >= 0.3 is 5.69 Å². The van der Waals surface area contributed by atoms with E-state index in [0.29, 0.717) is 0 Å². The van der Waals surface area contributed by atoms with Crippen molar-refractivity contribution in [1.82, 2.24) is 9.55 Å². The highest BCUT2D eigenvalue weighted by molar-refractivity contribution is 4.85. The minimum atomic E-state index is -0.579. The zero-order valence-corrected chi connectivity index (χ0v) is 7.51. The Hall–Kier alpha value is -1.40. The molecule has 1 unspecified atom stereocenters. The van der Waals surface area contributed by atoms with Crippen LogP contribution in [0.5, 0.6) is 0 Å². The number of aliphatic hydroxyl groups excluding tert-OH is 2. The summed E-state index contributed by atoms with van der Waals surface area (Å²) < 4.78 is 1.19. The molecule has 1 aromatic rings. The number of aliphatic hydroxyl groups is 2. The largest absolute Gasteiger partial charge is 0.396 e. The van der Waals surface area contributed by atoms with Crippen LogP contribution in [0.1, 0.15) is 12.5 Å². The van der Waals surface area contributed by atoms with E-state index < -0.39 is 17.3 Å². The second-order valence-corrected chi connectivity index (χ2v) is 2.87. The second kappa shape index (κ2) is 4.73. The number of nitrogens with zero attached hydrogens (tertiary/aromatic N) is 1. The van der Waals surface area contributed by atoms with Crippen LogP contribution in [0.2, 0.25) is 0 Å². The molecule has 0 saturated heterocycles. The lowest BCUT2D eigenvalue weighted by molar-refractivity contribution is 0.183. The van der Waals surface area contributed by atoms with E-state index in [1.165, 1.54) is 16.8 Å². The number of aromatic nitrogens is 2. The van der Waals surface area contributed by atoms with Crippen molar-refractivity contribution in [3.63, 3.8) is 0 Å². The maximum absolute atomic E-state index is 11.2. The van der Waals surface area contributed by atoms with Gasteiger partial charge in [0, 0.05) is 18.9 Å². The summed E-state index contributed by atoms with van der Waals surface area (Å²) in [5.41, 5.74) is -1.06. The Morgan fingerprint density at radius 3 is 2.64 bits per heavy atom. The summed E-state index contributed by atoms with van der Waals surface area (Å²) in [5.74, 6) is 0. The molecule has 1 heterocycles. The molecule has 6 nitrogen and oxygen atoms in total. The van der Waals surface area contributed by atoms with E-state index in [-0.39, 0.29) is 19.6 Å². The fraction of sp³-hybridized carbons (Fsp3) is 0.500. The molecule has 3 N–H and O–H groups in total. The van der Waals surface area contributed by atoms with Gasteiger partial charge < -0.3 is 10.2 Å². The van der Waals surface area contributed by atoms with Gasteiger partial charge in [0.2, 0.25) is 0 Å². The Morgan fingerprint density at radius 1 is 1.43 bits per heavy atom. The van der Waals surface area contributed by atoms with Crippen LogP contribution in [0.3, 0.4) is 0 Å². The van der Waals surface area contributed by atoms with Gasteiger partial charge in [-0.25, -0.2) is 4.79 Å². The van der Waals surface area contributed by atoms with Gasteiger partial charge in [-0.05, 0) is 6.42 Å². The molecule has 0 aliphatic rings. The normalized spacial score (nSPS) is 12.7. The smallest absolute Gasteiger partial charge is 0.328 e. The van der Waals surface area contributed by atoms with E-state index in [1.807, 2.05) is 0 Å². The highest BCUT2D eigenvalue weighted by Crippen LogP contribution is 2.05. The van der Waals surface area contributed by atoms with Gasteiger partial charge in [-0.2, -0.15) is 0 Å². The van der Waals surface area contributed by atoms with E-state index in [4.69, 9.17) is 10.2 Å². The SMILES string of the molecule is O=c1ccn(C(CO)CCO)c(=O)[nH]1. The van der Waals surface area contributed by atoms with Crippen LogP contribution in [-0.2, 0) is 0 Å². The van der Waals surface area contributed by atoms with Crippen LogP contribution < -0.4 is 11.2 Å². The summed E-state index contributed by atoms with van der Waals surface area (Å²) in [6.45, 7) is -0.386. The average molecular weight is 200 g/mol. The Morgan fingerprint density at radius 2 is 2.14 bits per heavy atom. The third-order valence-electron chi connectivity index (χ3n) is 1.92. The molecule has 0 aliphatic carbocycles. The van der Waals surface area contributed by atoms with Gasteiger partial charge in [-0.15, -0.1) is 0 Å². The van der Waals surface area contributed by atoms with Crippen molar-refractivity contribution in [3.05, 3.63) is 33.1 Å². The number of rotatable bonds is 4.